The van der Waals surface area contributed by atoms with E-state index in [9.17, 15) is 54.7 Å². The molecule has 3 unspecified atom stereocenters. The van der Waals surface area contributed by atoms with Crippen LogP contribution in [0.15, 0.2) is 59.6 Å². The first-order valence-corrected chi connectivity index (χ1v) is 23.8. The van der Waals surface area contributed by atoms with Crippen LogP contribution in [0.3, 0.4) is 0 Å². The molecule has 0 aromatic heterocycles. The summed E-state index contributed by atoms with van der Waals surface area (Å²) in [4.78, 5) is 26.6. The highest BCUT2D eigenvalue weighted by atomic mass is 31.3. The quantitative estimate of drug-likeness (QED) is 0.0223. The van der Waals surface area contributed by atoms with Crippen LogP contribution in [0.4, 0.5) is 0 Å². The van der Waals surface area contributed by atoms with E-state index in [1.165, 1.54) is 27.1 Å². The van der Waals surface area contributed by atoms with E-state index in [1.54, 1.807) is 0 Å². The van der Waals surface area contributed by atoms with Gasteiger partial charge in [0.1, 0.15) is 48.8 Å². The van der Waals surface area contributed by atoms with E-state index in [-0.39, 0.29) is 12.7 Å². The topological polar surface area (TPSA) is 299 Å². The fourth-order valence-electron chi connectivity index (χ4n) is 7.62. The molecule has 62 heavy (non-hydrogen) atoms. The molecule has 3 aromatic carbocycles. The number of phosphoric ester groups is 2. The molecule has 2 aliphatic heterocycles. The molecule has 0 saturated carbocycles. The highest BCUT2D eigenvalue weighted by Gasteiger charge is 2.53. The molecule has 0 amide bonds. The lowest BCUT2D eigenvalue weighted by molar-refractivity contribution is -0.339. The van der Waals surface area contributed by atoms with Crippen molar-refractivity contribution in [3.63, 3.8) is 0 Å². The number of rotatable bonds is 24. The Bertz CT molecular complexity index is 1930. The van der Waals surface area contributed by atoms with E-state index in [1.807, 2.05) is 24.3 Å². The Morgan fingerprint density at radius 3 is 1.94 bits per heavy atom. The van der Waals surface area contributed by atoms with Crippen LogP contribution in [0.25, 0.3) is 21.5 Å². The Hall–Kier alpha value is -2.49. The maximum Gasteiger partial charge on any atom is 0.481 e. The van der Waals surface area contributed by atoms with Gasteiger partial charge in [0.15, 0.2) is 12.6 Å². The number of hydrogen-bond donors (Lipinski definition) is 7. The number of aliphatic hydroxyl groups is 6. The van der Waals surface area contributed by atoms with Gasteiger partial charge in [-0.15, -0.1) is 0 Å². The summed E-state index contributed by atoms with van der Waals surface area (Å²) in [6.45, 7) is 1.43. The molecule has 3 aromatic rings. The SMILES string of the molecule is CC([O-])=N[C@H]1[C@@H](OP(=O)(O)OP(=O)([O-])OCCCCCCCCCCC(C)OCc2c3ccccc3cc3ccccc23)O[C@H](CO)[C@H](O)[C@@H]1O[C@@H]1O[C@H](CO)[C@H](O)[C@H](O)[C@H]1O. The first kappa shape index (κ1) is 50.5. The minimum absolute atomic E-state index is 0.104. The van der Waals surface area contributed by atoms with Gasteiger partial charge in [-0.1, -0.05) is 93.5 Å². The van der Waals surface area contributed by atoms with Gasteiger partial charge in [-0.3, -0.25) is 14.1 Å². The zero-order valence-corrected chi connectivity index (χ0v) is 36.5. The van der Waals surface area contributed by atoms with Crippen molar-refractivity contribution >= 4 is 43.1 Å². The van der Waals surface area contributed by atoms with Crippen LogP contribution in [0.1, 0.15) is 77.2 Å². The summed E-state index contributed by atoms with van der Waals surface area (Å²) in [5.74, 6) is -0.950. The molecule has 5 rings (SSSR count). The van der Waals surface area contributed by atoms with Gasteiger partial charge in [0, 0.05) is 0 Å². The van der Waals surface area contributed by atoms with Crippen molar-refractivity contribution in [2.75, 3.05) is 19.8 Å². The lowest BCUT2D eigenvalue weighted by Crippen LogP contribution is -2.64. The first-order chi connectivity index (χ1) is 29.5. The van der Waals surface area contributed by atoms with Crippen LogP contribution < -0.4 is 10.00 Å². The molecule has 0 radical (unpaired) electrons. The highest BCUT2D eigenvalue weighted by molar-refractivity contribution is 7.60. The summed E-state index contributed by atoms with van der Waals surface area (Å²) >= 11 is 0. The molecule has 21 heteroatoms. The van der Waals surface area contributed by atoms with Crippen LogP contribution in [0.5, 0.6) is 0 Å². The summed E-state index contributed by atoms with van der Waals surface area (Å²) in [6.07, 6.45) is -8.80. The molecule has 0 spiro atoms. The average molecular weight is 916 g/mol. The minimum atomic E-state index is -5.67. The molecular formula is C41H59NO18P2-2. The average Bonchev–Trinajstić information content (AvgIpc) is 3.22. The number of nitrogens with zero attached hydrogens (tertiary/aromatic N) is 1. The van der Waals surface area contributed by atoms with Crippen molar-refractivity contribution in [2.24, 2.45) is 4.99 Å². The standard InChI is InChI=1S/C41H61NO18P2/c1-25(54-24-31-29-18-12-10-16-27(29)21-28-17-11-13-19-30(28)31)15-9-7-5-3-4-6-8-14-20-55-61(50,51)60-62(52,53)59-40-34(42-26(2)45)39(36(47)33(23-44)56-40)58-41-38(49)37(48)35(46)32(22-43)57-41/h10-13,16-19,21,25,32-41,43-44,46-49H,3-9,14-15,20,22-24H2,1-2H3,(H,42,45)(H,50,51)(H,52,53)/p-2/t25?,32-,33-,34-,35+,36+,37+,38-,39-,40-,41+/m1/s1. The summed E-state index contributed by atoms with van der Waals surface area (Å²) in [7, 11) is -11.1. The Labute approximate surface area is 360 Å². The Kier molecular flexibility index (Phi) is 19.2. The summed E-state index contributed by atoms with van der Waals surface area (Å²) in [5, 5.41) is 77.8. The first-order valence-electron chi connectivity index (χ1n) is 20.8. The fourth-order valence-corrected chi connectivity index (χ4v) is 9.77. The minimum Gasteiger partial charge on any atom is -0.862 e. The largest absolute Gasteiger partial charge is 0.862 e. The highest BCUT2D eigenvalue weighted by Crippen LogP contribution is 2.59. The van der Waals surface area contributed by atoms with Crippen molar-refractivity contribution in [1.29, 1.82) is 0 Å². The monoisotopic (exact) mass is 915 g/mol. The lowest BCUT2D eigenvalue weighted by atomic mass is 9.96. The van der Waals surface area contributed by atoms with E-state index in [2.05, 4.69) is 46.6 Å². The Balaban J connectivity index is 1.00. The molecule has 0 aliphatic carbocycles. The van der Waals surface area contributed by atoms with Crippen molar-refractivity contribution < 1.29 is 87.0 Å². The third-order valence-corrected chi connectivity index (χ3v) is 13.5. The third-order valence-electron chi connectivity index (χ3n) is 10.9. The number of phosphoric acid groups is 2. The number of ether oxygens (including phenoxy) is 4. The predicted molar refractivity (Wildman–Crippen MR) is 220 cm³/mol. The predicted octanol–water partition coefficient (Wildman–Crippen LogP) is 2.44. The smallest absolute Gasteiger partial charge is 0.481 e. The second kappa shape index (κ2) is 23.6. The molecule has 7 N–H and O–H groups in total. The molecule has 348 valence electrons. The maximum atomic E-state index is 12.9. The normalized spacial score (nSPS) is 29.7. The van der Waals surface area contributed by atoms with Gasteiger partial charge >= 0.3 is 7.82 Å². The van der Waals surface area contributed by atoms with Crippen LogP contribution in [-0.4, -0.2) is 129 Å². The van der Waals surface area contributed by atoms with Crippen molar-refractivity contribution in [3.8, 4) is 0 Å². The Morgan fingerprint density at radius 1 is 0.790 bits per heavy atom. The van der Waals surface area contributed by atoms with Gasteiger partial charge in [0.05, 0.1) is 32.5 Å². The van der Waals surface area contributed by atoms with Crippen LogP contribution in [-0.2, 0) is 48.0 Å². The zero-order valence-electron chi connectivity index (χ0n) is 34.7. The molecule has 2 saturated heterocycles. The second-order valence-electron chi connectivity index (χ2n) is 15.6. The fraction of sp³-hybridized carbons (Fsp3) is 0.634. The van der Waals surface area contributed by atoms with Gasteiger partial charge in [-0.05, 0) is 65.8 Å². The van der Waals surface area contributed by atoms with Gasteiger partial charge in [-0.2, -0.15) is 0 Å². The van der Waals surface area contributed by atoms with Crippen LogP contribution >= 0.6 is 15.6 Å². The number of hydrogen-bond acceptors (Lipinski definition) is 18. The molecular weight excluding hydrogens is 856 g/mol. The molecule has 0 bridgehead atoms. The van der Waals surface area contributed by atoms with Gasteiger partial charge in [0.25, 0.3) is 7.82 Å². The number of aliphatic hydroxyl groups excluding tert-OH is 6. The summed E-state index contributed by atoms with van der Waals surface area (Å²) in [6, 6.07) is 17.0. The van der Waals surface area contributed by atoms with Crippen molar-refractivity contribution in [3.05, 3.63) is 60.2 Å². The van der Waals surface area contributed by atoms with E-state index in [4.69, 9.17) is 28.0 Å². The van der Waals surface area contributed by atoms with Crippen LogP contribution in [0.2, 0.25) is 0 Å². The molecule has 13 atom stereocenters. The van der Waals surface area contributed by atoms with E-state index < -0.39 is 96.1 Å². The van der Waals surface area contributed by atoms with Crippen molar-refractivity contribution in [1.82, 2.24) is 0 Å². The number of unbranched alkanes of at least 4 members (excludes halogenated alkanes) is 7. The van der Waals surface area contributed by atoms with Gasteiger partial charge in [0.2, 0.25) is 0 Å². The maximum absolute atomic E-state index is 12.9. The lowest BCUT2D eigenvalue weighted by Gasteiger charge is -2.46. The molecule has 2 fully saturated rings. The van der Waals surface area contributed by atoms with E-state index in [0.717, 1.165) is 51.9 Å². The van der Waals surface area contributed by atoms with Crippen LogP contribution in [0, 0.1) is 0 Å². The van der Waals surface area contributed by atoms with Gasteiger partial charge in [-0.25, -0.2) is 8.88 Å². The molecule has 2 aliphatic rings. The zero-order chi connectivity index (χ0) is 45.0. The number of benzene rings is 3. The second-order valence-corrected chi connectivity index (χ2v) is 18.6. The molecule has 2 heterocycles. The number of aliphatic imine (C=N–C) groups is 1. The van der Waals surface area contributed by atoms with E-state index in [0.29, 0.717) is 19.4 Å². The third kappa shape index (κ3) is 14.0. The van der Waals surface area contributed by atoms with E-state index >= 15 is 0 Å². The summed E-state index contributed by atoms with van der Waals surface area (Å²) < 4.78 is 62.0. The Morgan fingerprint density at radius 2 is 1.34 bits per heavy atom. The number of fused-ring (bicyclic) bond motifs is 2. The summed E-state index contributed by atoms with van der Waals surface area (Å²) in [5.41, 5.74) is 1.20. The van der Waals surface area contributed by atoms with Crippen molar-refractivity contribution in [2.45, 2.75) is 146 Å². The van der Waals surface area contributed by atoms with Gasteiger partial charge < -0.3 is 69.0 Å². The molecule has 19 nitrogen and oxygen atoms in total.